The molecule has 128 valence electrons. The quantitative estimate of drug-likeness (QED) is 0.752. The molecule has 0 atom stereocenters. The van der Waals surface area contributed by atoms with Crippen LogP contribution in [0.3, 0.4) is 0 Å². The van der Waals surface area contributed by atoms with E-state index in [9.17, 15) is 4.79 Å². The Hall–Kier alpha value is -2.49. The van der Waals surface area contributed by atoms with Crippen molar-refractivity contribution in [1.82, 2.24) is 0 Å². The van der Waals surface area contributed by atoms with Crippen molar-refractivity contribution in [2.24, 2.45) is 5.92 Å². The third-order valence-corrected chi connectivity index (χ3v) is 3.57. The maximum absolute atomic E-state index is 12.0. The fourth-order valence-electron chi connectivity index (χ4n) is 2.19. The van der Waals surface area contributed by atoms with Crippen LogP contribution in [0.15, 0.2) is 48.5 Å². The van der Waals surface area contributed by atoms with Crippen LogP contribution in [0, 0.1) is 12.8 Å². The van der Waals surface area contributed by atoms with Crippen molar-refractivity contribution in [2.45, 2.75) is 27.2 Å². The first-order chi connectivity index (χ1) is 11.5. The molecular formula is C20H26N2O2. The second-order valence-electron chi connectivity index (χ2n) is 6.33. The lowest BCUT2D eigenvalue weighted by Gasteiger charge is -2.10. The topological polar surface area (TPSA) is 50.4 Å². The van der Waals surface area contributed by atoms with Gasteiger partial charge in [0.25, 0.3) is 0 Å². The van der Waals surface area contributed by atoms with E-state index in [4.69, 9.17) is 4.74 Å². The molecule has 2 N–H and O–H groups in total. The van der Waals surface area contributed by atoms with Crippen LogP contribution in [0.1, 0.15) is 25.8 Å². The Bertz CT molecular complexity index is 651. The van der Waals surface area contributed by atoms with Gasteiger partial charge in [-0.3, -0.25) is 4.79 Å². The summed E-state index contributed by atoms with van der Waals surface area (Å²) in [6.45, 7) is 7.31. The van der Waals surface area contributed by atoms with Gasteiger partial charge in [-0.1, -0.05) is 26.0 Å². The third-order valence-electron chi connectivity index (χ3n) is 3.57. The fraction of sp³-hybridized carbons (Fsp3) is 0.350. The minimum absolute atomic E-state index is 0.0714. The Kier molecular flexibility index (Phi) is 6.67. The van der Waals surface area contributed by atoms with E-state index in [2.05, 4.69) is 24.5 Å². The van der Waals surface area contributed by atoms with Gasteiger partial charge in [-0.25, -0.2) is 0 Å². The molecule has 4 nitrogen and oxygen atoms in total. The van der Waals surface area contributed by atoms with E-state index in [1.807, 2.05) is 55.5 Å². The van der Waals surface area contributed by atoms with Crippen LogP contribution in [-0.4, -0.2) is 19.1 Å². The summed E-state index contributed by atoms with van der Waals surface area (Å²) in [6, 6.07) is 15.4. The molecule has 0 saturated heterocycles. The van der Waals surface area contributed by atoms with Crippen molar-refractivity contribution < 1.29 is 9.53 Å². The number of hydrogen-bond donors (Lipinski definition) is 2. The van der Waals surface area contributed by atoms with Crippen molar-refractivity contribution in [3.05, 3.63) is 54.1 Å². The lowest BCUT2D eigenvalue weighted by molar-refractivity contribution is -0.114. The minimum Gasteiger partial charge on any atom is -0.494 e. The summed E-state index contributed by atoms with van der Waals surface area (Å²) >= 11 is 0. The molecule has 0 bridgehead atoms. The Balaban J connectivity index is 1.76. The molecule has 0 spiro atoms. The summed E-state index contributed by atoms with van der Waals surface area (Å²) < 4.78 is 5.68. The molecule has 0 aromatic heterocycles. The summed E-state index contributed by atoms with van der Waals surface area (Å²) in [5.41, 5.74) is 2.83. The van der Waals surface area contributed by atoms with Crippen LogP contribution in [0.2, 0.25) is 0 Å². The molecule has 4 heteroatoms. The molecule has 2 rings (SSSR count). The summed E-state index contributed by atoms with van der Waals surface area (Å²) in [6.07, 6.45) is 1.04. The van der Waals surface area contributed by atoms with Crippen LogP contribution in [0.5, 0.6) is 5.75 Å². The second-order valence-corrected chi connectivity index (χ2v) is 6.33. The number of ether oxygens (including phenoxy) is 1. The Labute approximate surface area is 144 Å². The van der Waals surface area contributed by atoms with Crippen molar-refractivity contribution in [1.29, 1.82) is 0 Å². The average Bonchev–Trinajstić information content (AvgIpc) is 2.54. The Morgan fingerprint density at radius 1 is 1.08 bits per heavy atom. The zero-order valence-electron chi connectivity index (χ0n) is 14.6. The standard InChI is InChI=1S/C20H26N2O2/c1-15(2)11-12-24-19-9-7-17(8-10-19)21-14-20(23)22-18-6-4-5-16(3)13-18/h4-10,13,15,21H,11-12,14H2,1-3H3,(H,22,23). The van der Waals surface area contributed by atoms with Gasteiger partial charge in [0.15, 0.2) is 0 Å². The van der Waals surface area contributed by atoms with Crippen molar-refractivity contribution in [3.63, 3.8) is 0 Å². The average molecular weight is 326 g/mol. The van der Waals surface area contributed by atoms with Gasteiger partial charge >= 0.3 is 0 Å². The molecule has 0 aliphatic carbocycles. The Morgan fingerprint density at radius 3 is 2.50 bits per heavy atom. The lowest BCUT2D eigenvalue weighted by atomic mass is 10.1. The van der Waals surface area contributed by atoms with Crippen molar-refractivity contribution >= 4 is 17.3 Å². The largest absolute Gasteiger partial charge is 0.494 e. The van der Waals surface area contributed by atoms with Crippen LogP contribution < -0.4 is 15.4 Å². The SMILES string of the molecule is Cc1cccc(NC(=O)CNc2ccc(OCCC(C)C)cc2)c1. The molecule has 0 heterocycles. The molecule has 0 radical (unpaired) electrons. The highest BCUT2D eigenvalue weighted by Gasteiger charge is 2.03. The number of aryl methyl sites for hydroxylation is 1. The number of amides is 1. The first-order valence-electron chi connectivity index (χ1n) is 8.36. The molecule has 2 aromatic rings. The number of carbonyl (C=O) groups is 1. The van der Waals surface area contributed by atoms with Crippen LogP contribution >= 0.6 is 0 Å². The van der Waals surface area contributed by atoms with Gasteiger partial charge in [0.05, 0.1) is 13.2 Å². The molecule has 2 aromatic carbocycles. The van der Waals surface area contributed by atoms with Crippen molar-refractivity contribution in [3.8, 4) is 5.75 Å². The van der Waals surface area contributed by atoms with E-state index >= 15 is 0 Å². The summed E-state index contributed by atoms with van der Waals surface area (Å²) in [5.74, 6) is 1.42. The van der Waals surface area contributed by atoms with Gasteiger partial charge < -0.3 is 15.4 Å². The fourth-order valence-corrected chi connectivity index (χ4v) is 2.19. The second kappa shape index (κ2) is 8.96. The highest BCUT2D eigenvalue weighted by Crippen LogP contribution is 2.16. The van der Waals surface area contributed by atoms with Crippen LogP contribution in [0.4, 0.5) is 11.4 Å². The number of hydrogen-bond acceptors (Lipinski definition) is 3. The number of rotatable bonds is 8. The number of anilines is 2. The monoisotopic (exact) mass is 326 g/mol. The Morgan fingerprint density at radius 2 is 1.83 bits per heavy atom. The molecule has 0 aliphatic rings. The number of carbonyl (C=O) groups excluding carboxylic acids is 1. The summed E-state index contributed by atoms with van der Waals surface area (Å²) in [5, 5.41) is 5.99. The highest BCUT2D eigenvalue weighted by molar-refractivity contribution is 5.93. The minimum atomic E-state index is -0.0714. The van der Waals surface area contributed by atoms with E-state index in [-0.39, 0.29) is 12.5 Å². The van der Waals surface area contributed by atoms with Crippen LogP contribution in [0.25, 0.3) is 0 Å². The maximum Gasteiger partial charge on any atom is 0.243 e. The van der Waals surface area contributed by atoms with Gasteiger partial charge in [-0.2, -0.15) is 0 Å². The maximum atomic E-state index is 12.0. The van der Waals surface area contributed by atoms with Gasteiger partial charge in [-0.15, -0.1) is 0 Å². The lowest BCUT2D eigenvalue weighted by Crippen LogP contribution is -2.21. The summed E-state index contributed by atoms with van der Waals surface area (Å²) in [7, 11) is 0. The number of benzene rings is 2. The van der Waals surface area contributed by atoms with E-state index in [0.29, 0.717) is 5.92 Å². The normalized spacial score (nSPS) is 10.5. The zero-order valence-corrected chi connectivity index (χ0v) is 14.6. The first-order valence-corrected chi connectivity index (χ1v) is 8.36. The predicted molar refractivity (Wildman–Crippen MR) is 99.7 cm³/mol. The van der Waals surface area contributed by atoms with Crippen molar-refractivity contribution in [2.75, 3.05) is 23.8 Å². The van der Waals surface area contributed by atoms with Gasteiger partial charge in [-0.05, 0) is 61.2 Å². The molecule has 0 saturated carbocycles. The smallest absolute Gasteiger partial charge is 0.243 e. The number of nitrogens with one attached hydrogen (secondary N) is 2. The van der Waals surface area contributed by atoms with E-state index in [1.54, 1.807) is 0 Å². The molecular weight excluding hydrogens is 300 g/mol. The van der Waals surface area contributed by atoms with Gasteiger partial charge in [0.2, 0.25) is 5.91 Å². The third kappa shape index (κ3) is 6.32. The zero-order chi connectivity index (χ0) is 17.4. The first kappa shape index (κ1) is 17.9. The van der Waals surface area contributed by atoms with E-state index in [0.717, 1.165) is 35.7 Å². The van der Waals surface area contributed by atoms with Gasteiger partial charge in [0.1, 0.15) is 5.75 Å². The molecule has 0 unspecified atom stereocenters. The van der Waals surface area contributed by atoms with E-state index < -0.39 is 0 Å². The highest BCUT2D eigenvalue weighted by atomic mass is 16.5. The van der Waals surface area contributed by atoms with Crippen LogP contribution in [-0.2, 0) is 4.79 Å². The molecule has 1 amide bonds. The molecule has 24 heavy (non-hydrogen) atoms. The van der Waals surface area contributed by atoms with E-state index in [1.165, 1.54) is 0 Å². The molecule has 0 fully saturated rings. The molecule has 0 aliphatic heterocycles. The van der Waals surface area contributed by atoms with Gasteiger partial charge in [0, 0.05) is 11.4 Å². The summed E-state index contributed by atoms with van der Waals surface area (Å²) in [4.78, 5) is 12.0. The predicted octanol–water partition coefficient (Wildman–Crippen LogP) is 4.47.